The van der Waals surface area contributed by atoms with Gasteiger partial charge in [0, 0.05) is 11.5 Å². The predicted octanol–water partition coefficient (Wildman–Crippen LogP) is 4.82. The Morgan fingerprint density at radius 2 is 1.57 bits per heavy atom. The molecule has 0 aliphatic carbocycles. The van der Waals surface area contributed by atoms with Crippen LogP contribution < -0.4 is 11.0 Å². The second kappa shape index (κ2) is 13.7. The number of carboxylic acid groups (broad SMARTS) is 1. The predicted molar refractivity (Wildman–Crippen MR) is 158 cm³/mol. The minimum atomic E-state index is -1.26. The van der Waals surface area contributed by atoms with Crippen LogP contribution in [-0.4, -0.2) is 44.8 Å². The molecule has 1 saturated heterocycles. The molecule has 1 aromatic heterocycles. The van der Waals surface area contributed by atoms with Gasteiger partial charge in [0.05, 0.1) is 38.5 Å². The van der Waals surface area contributed by atoms with Crippen LogP contribution in [0.3, 0.4) is 0 Å². The molecule has 0 radical (unpaired) electrons. The van der Waals surface area contributed by atoms with Crippen molar-refractivity contribution in [1.29, 1.82) is 0 Å². The third-order valence-electron chi connectivity index (χ3n) is 7.38. The van der Waals surface area contributed by atoms with E-state index >= 15 is 4.39 Å². The fourth-order valence-electron chi connectivity index (χ4n) is 5.31. The molecule has 44 heavy (non-hydrogen) atoms. The molecule has 4 atom stereocenters. The van der Waals surface area contributed by atoms with E-state index in [1.54, 1.807) is 25.1 Å². The van der Waals surface area contributed by atoms with Crippen molar-refractivity contribution in [1.82, 2.24) is 9.55 Å². The normalized spacial score (nSPS) is 21.2. The van der Waals surface area contributed by atoms with E-state index in [4.69, 9.17) is 14.2 Å². The molecule has 4 aromatic rings. The second-order valence-corrected chi connectivity index (χ2v) is 10.7. The number of rotatable bonds is 12. The topological polar surface area (TPSA) is 129 Å². The van der Waals surface area contributed by atoms with Crippen LogP contribution in [0.4, 0.5) is 10.2 Å². The van der Waals surface area contributed by atoms with E-state index in [-0.39, 0.29) is 25.4 Å². The van der Waals surface area contributed by atoms with E-state index in [2.05, 4.69) is 10.3 Å². The number of anilines is 1. The molecule has 0 bridgehead atoms. The van der Waals surface area contributed by atoms with Crippen molar-refractivity contribution in [3.8, 4) is 0 Å². The Labute approximate surface area is 253 Å². The summed E-state index contributed by atoms with van der Waals surface area (Å²) in [7, 11) is 0. The summed E-state index contributed by atoms with van der Waals surface area (Å²) in [6.07, 6.45) is -1.71. The summed E-state index contributed by atoms with van der Waals surface area (Å²) in [5.74, 6) is -4.28. The summed E-state index contributed by atoms with van der Waals surface area (Å²) in [6.45, 7) is 2.10. The number of aromatic nitrogens is 2. The highest BCUT2D eigenvalue weighted by Crippen LogP contribution is 2.45. The summed E-state index contributed by atoms with van der Waals surface area (Å²) in [6, 6.07) is 26.9. The number of hydrogen-bond donors (Lipinski definition) is 2. The van der Waals surface area contributed by atoms with Crippen LogP contribution in [0.2, 0.25) is 0 Å². The van der Waals surface area contributed by atoms with Gasteiger partial charge in [-0.15, -0.1) is 0 Å². The molecule has 0 saturated carbocycles. The van der Waals surface area contributed by atoms with E-state index in [0.29, 0.717) is 0 Å². The van der Waals surface area contributed by atoms with Gasteiger partial charge >= 0.3 is 11.7 Å². The number of carboxylic acids is 1. The maximum atomic E-state index is 15.3. The van der Waals surface area contributed by atoms with Crippen molar-refractivity contribution in [3.05, 3.63) is 130 Å². The van der Waals surface area contributed by atoms with Crippen molar-refractivity contribution in [2.75, 3.05) is 11.9 Å². The van der Waals surface area contributed by atoms with Crippen molar-refractivity contribution >= 4 is 17.7 Å². The van der Waals surface area contributed by atoms with Gasteiger partial charge in [0.15, 0.2) is 11.6 Å². The number of ether oxygens (including phenoxy) is 3. The third kappa shape index (κ3) is 7.25. The second-order valence-electron chi connectivity index (χ2n) is 10.7. The summed E-state index contributed by atoms with van der Waals surface area (Å²) in [5.41, 5.74) is -0.148. The number of benzene rings is 3. The molecule has 0 unspecified atom stereocenters. The molecule has 10 nitrogen and oxygen atoms in total. The molecular weight excluding hydrogens is 569 g/mol. The van der Waals surface area contributed by atoms with Gasteiger partial charge in [0.1, 0.15) is 11.8 Å². The quantitative estimate of drug-likeness (QED) is 0.237. The van der Waals surface area contributed by atoms with Gasteiger partial charge in [0.25, 0.3) is 5.91 Å². The van der Waals surface area contributed by atoms with Gasteiger partial charge in [-0.25, -0.2) is 9.18 Å². The van der Waals surface area contributed by atoms with Crippen LogP contribution in [0, 0.1) is 11.7 Å². The standard InChI is InChI=1S/C33H32FN3O7/c1-33(21-42-19-22-11-5-2-6-12-22)28(43-20-23-13-7-3-8-14-23)25(17-27(38)39)31(44-33)37-18-26(34)29(36-32(37)41)35-30(40)24-15-9-4-10-16-24/h2-16,18,25,28,31H,17,19-21H2,1H3,(H,38,39)(H,35,36,40,41)/t25-,28+,31-,33-/m1/s1. The molecule has 0 spiro atoms. The summed E-state index contributed by atoms with van der Waals surface area (Å²) in [4.78, 5) is 41.6. The molecule has 228 valence electrons. The van der Waals surface area contributed by atoms with Crippen LogP contribution >= 0.6 is 0 Å². The maximum absolute atomic E-state index is 15.3. The molecule has 1 amide bonds. The van der Waals surface area contributed by atoms with E-state index in [1.165, 1.54) is 12.1 Å². The lowest BCUT2D eigenvalue weighted by atomic mass is 9.88. The summed E-state index contributed by atoms with van der Waals surface area (Å²) < 4.78 is 34.9. The molecule has 2 N–H and O–H groups in total. The van der Waals surface area contributed by atoms with Crippen LogP contribution in [0.5, 0.6) is 0 Å². The smallest absolute Gasteiger partial charge is 0.351 e. The van der Waals surface area contributed by atoms with Gasteiger partial charge in [-0.05, 0) is 30.2 Å². The average Bonchev–Trinajstić information content (AvgIpc) is 3.29. The number of hydrogen-bond acceptors (Lipinski definition) is 7. The Bertz CT molecular complexity index is 1640. The fourth-order valence-corrected chi connectivity index (χ4v) is 5.31. The molecular formula is C33H32FN3O7. The minimum absolute atomic E-state index is 0.0101. The Balaban J connectivity index is 1.44. The SMILES string of the molecule is C[C@]1(COCc2ccccc2)O[C@@H](n2cc(F)c(NC(=O)c3ccccc3)nc2=O)[C@H](CC(=O)O)[C@@H]1OCc1ccccc1. The highest BCUT2D eigenvalue weighted by Gasteiger charge is 2.55. The van der Waals surface area contributed by atoms with Gasteiger partial charge in [-0.1, -0.05) is 78.9 Å². The number of nitrogens with zero attached hydrogens (tertiary/aromatic N) is 2. The van der Waals surface area contributed by atoms with Crippen LogP contribution in [0.15, 0.2) is 102 Å². The van der Waals surface area contributed by atoms with E-state index in [9.17, 15) is 19.5 Å². The molecule has 11 heteroatoms. The Hall–Kier alpha value is -4.71. The molecule has 1 fully saturated rings. The highest BCUT2D eigenvalue weighted by atomic mass is 19.1. The van der Waals surface area contributed by atoms with Crippen molar-refractivity contribution in [2.45, 2.75) is 44.5 Å². The minimum Gasteiger partial charge on any atom is -0.481 e. The molecule has 1 aliphatic heterocycles. The van der Waals surface area contributed by atoms with E-state index < -0.39 is 59.5 Å². The van der Waals surface area contributed by atoms with Crippen molar-refractivity contribution < 1.29 is 33.3 Å². The number of carbonyl (C=O) groups excluding carboxylic acids is 1. The van der Waals surface area contributed by atoms with Crippen LogP contribution in [0.1, 0.15) is 41.1 Å². The Morgan fingerprint density at radius 1 is 0.977 bits per heavy atom. The lowest BCUT2D eigenvalue weighted by molar-refractivity contribution is -0.147. The number of halogens is 1. The van der Waals surface area contributed by atoms with Gasteiger partial charge < -0.3 is 24.6 Å². The first-order chi connectivity index (χ1) is 21.2. The number of amides is 1. The number of aliphatic carboxylic acids is 1. The van der Waals surface area contributed by atoms with Crippen LogP contribution in [-0.2, 0) is 32.2 Å². The number of nitrogens with one attached hydrogen (secondary N) is 1. The maximum Gasteiger partial charge on any atom is 0.351 e. The fraction of sp³-hybridized carbons (Fsp3) is 0.273. The molecule has 5 rings (SSSR count). The van der Waals surface area contributed by atoms with Gasteiger partial charge in [-0.3, -0.25) is 14.2 Å². The summed E-state index contributed by atoms with van der Waals surface area (Å²) >= 11 is 0. The van der Waals surface area contributed by atoms with Gasteiger partial charge in [-0.2, -0.15) is 4.98 Å². The zero-order valence-electron chi connectivity index (χ0n) is 24.0. The highest BCUT2D eigenvalue weighted by molar-refractivity contribution is 6.03. The van der Waals surface area contributed by atoms with Crippen LogP contribution in [0.25, 0.3) is 0 Å². The molecule has 1 aliphatic rings. The number of carbonyl (C=O) groups is 2. The zero-order valence-corrected chi connectivity index (χ0v) is 24.0. The van der Waals surface area contributed by atoms with E-state index in [0.717, 1.165) is 21.9 Å². The lowest BCUT2D eigenvalue weighted by Gasteiger charge is -2.31. The van der Waals surface area contributed by atoms with Crippen molar-refractivity contribution in [2.24, 2.45) is 5.92 Å². The average molecular weight is 602 g/mol. The molecule has 2 heterocycles. The monoisotopic (exact) mass is 601 g/mol. The first-order valence-electron chi connectivity index (χ1n) is 14.1. The Morgan fingerprint density at radius 3 is 2.18 bits per heavy atom. The van der Waals surface area contributed by atoms with Gasteiger partial charge in [0.2, 0.25) is 0 Å². The largest absolute Gasteiger partial charge is 0.481 e. The van der Waals surface area contributed by atoms with Crippen molar-refractivity contribution in [3.63, 3.8) is 0 Å². The van der Waals surface area contributed by atoms with E-state index in [1.807, 2.05) is 60.7 Å². The first kappa shape index (κ1) is 30.7. The third-order valence-corrected chi connectivity index (χ3v) is 7.38. The Kier molecular flexibility index (Phi) is 9.59. The zero-order chi connectivity index (χ0) is 31.1. The molecule has 3 aromatic carbocycles. The summed E-state index contributed by atoms with van der Waals surface area (Å²) in [5, 5.41) is 12.2. The lowest BCUT2D eigenvalue weighted by Crippen LogP contribution is -2.44. The first-order valence-corrected chi connectivity index (χ1v) is 14.1.